The maximum Gasteiger partial charge on any atom is 0.264 e. The van der Waals surface area contributed by atoms with Crippen molar-refractivity contribution in [1.82, 2.24) is 10.2 Å². The van der Waals surface area contributed by atoms with Crippen LogP contribution in [0.3, 0.4) is 0 Å². The van der Waals surface area contributed by atoms with Crippen LogP contribution in [0.25, 0.3) is 0 Å². The van der Waals surface area contributed by atoms with Gasteiger partial charge < -0.3 is 15.0 Å². The Labute approximate surface area is 252 Å². The third-order valence-electron chi connectivity index (χ3n) is 6.07. The van der Waals surface area contributed by atoms with Crippen LogP contribution in [-0.4, -0.2) is 49.9 Å². The molecular formula is C30H35Cl2N3O5S. The van der Waals surface area contributed by atoms with Gasteiger partial charge in [0.15, 0.2) is 0 Å². The molecule has 3 rings (SSSR count). The zero-order chi connectivity index (χ0) is 30.4. The molecule has 1 N–H and O–H groups in total. The molecular weight excluding hydrogens is 585 g/mol. The van der Waals surface area contributed by atoms with Crippen molar-refractivity contribution in [3.05, 3.63) is 88.4 Å². The van der Waals surface area contributed by atoms with E-state index in [1.165, 1.54) is 17.0 Å². The number of hydrogen-bond acceptors (Lipinski definition) is 5. The minimum absolute atomic E-state index is 0.00456. The SMILES string of the molecule is CCOc1ccccc1N(CC(=O)N(Cc1ccc(Cl)cc1Cl)C(C)C(=O)NC(C)(C)C)S(=O)(=O)c1ccccc1. The number of amides is 2. The maximum absolute atomic E-state index is 14.1. The average molecular weight is 621 g/mol. The molecule has 0 fully saturated rings. The van der Waals surface area contributed by atoms with E-state index >= 15 is 0 Å². The molecule has 0 bridgehead atoms. The normalized spacial score (nSPS) is 12.4. The monoisotopic (exact) mass is 619 g/mol. The molecule has 1 unspecified atom stereocenters. The van der Waals surface area contributed by atoms with E-state index in [2.05, 4.69) is 5.32 Å². The van der Waals surface area contributed by atoms with Crippen molar-refractivity contribution in [2.45, 2.75) is 57.6 Å². The molecule has 0 aliphatic heterocycles. The summed E-state index contributed by atoms with van der Waals surface area (Å²) in [5.74, 6) is -0.713. The molecule has 11 heteroatoms. The summed E-state index contributed by atoms with van der Waals surface area (Å²) in [6.07, 6.45) is 0. The Morgan fingerprint density at radius 2 is 1.61 bits per heavy atom. The minimum Gasteiger partial charge on any atom is -0.492 e. The number of nitrogens with one attached hydrogen (secondary N) is 1. The predicted octanol–water partition coefficient (Wildman–Crippen LogP) is 5.92. The fourth-order valence-corrected chi connectivity index (χ4v) is 5.98. The van der Waals surface area contributed by atoms with Gasteiger partial charge >= 0.3 is 0 Å². The highest BCUT2D eigenvalue weighted by atomic mass is 35.5. The second-order valence-corrected chi connectivity index (χ2v) is 13.1. The van der Waals surface area contributed by atoms with Crippen LogP contribution in [0.5, 0.6) is 5.75 Å². The first-order valence-electron chi connectivity index (χ1n) is 13.1. The van der Waals surface area contributed by atoms with Crippen LogP contribution in [0.2, 0.25) is 10.0 Å². The summed E-state index contributed by atoms with van der Waals surface area (Å²) in [6, 6.07) is 18.3. The molecule has 0 aromatic heterocycles. The van der Waals surface area contributed by atoms with Gasteiger partial charge in [0.1, 0.15) is 18.3 Å². The molecule has 0 aliphatic rings. The zero-order valence-corrected chi connectivity index (χ0v) is 26.1. The number of para-hydroxylation sites is 2. The smallest absolute Gasteiger partial charge is 0.264 e. The van der Waals surface area contributed by atoms with Crippen LogP contribution in [0.4, 0.5) is 5.69 Å². The summed E-state index contributed by atoms with van der Waals surface area (Å²) in [4.78, 5) is 28.7. The average Bonchev–Trinajstić information content (AvgIpc) is 2.91. The quantitative estimate of drug-likeness (QED) is 0.287. The van der Waals surface area contributed by atoms with Crippen LogP contribution in [0.1, 0.15) is 40.2 Å². The number of ether oxygens (including phenoxy) is 1. The van der Waals surface area contributed by atoms with Crippen molar-refractivity contribution >= 4 is 50.7 Å². The van der Waals surface area contributed by atoms with Crippen molar-refractivity contribution in [3.8, 4) is 5.75 Å². The summed E-state index contributed by atoms with van der Waals surface area (Å²) in [7, 11) is -4.22. The van der Waals surface area contributed by atoms with Gasteiger partial charge in [0, 0.05) is 22.1 Å². The van der Waals surface area contributed by atoms with E-state index in [0.29, 0.717) is 21.4 Å². The van der Waals surface area contributed by atoms with E-state index in [-0.39, 0.29) is 23.7 Å². The molecule has 220 valence electrons. The highest BCUT2D eigenvalue weighted by Gasteiger charge is 2.34. The molecule has 2 amide bonds. The number of halogens is 2. The Morgan fingerprint density at radius 1 is 0.976 bits per heavy atom. The van der Waals surface area contributed by atoms with Crippen molar-refractivity contribution in [3.63, 3.8) is 0 Å². The third kappa shape index (κ3) is 8.38. The standard InChI is InChI=1S/C30H35Cl2N3O5S/c1-6-40-27-15-11-10-14-26(27)35(41(38,39)24-12-8-7-9-13-24)20-28(36)34(21(2)29(37)33-30(3,4)5)19-22-16-17-23(31)18-25(22)32/h7-18,21H,6,19-20H2,1-5H3,(H,33,37). The second kappa shape index (κ2) is 13.6. The lowest BCUT2D eigenvalue weighted by atomic mass is 10.1. The molecule has 0 heterocycles. The number of anilines is 1. The number of hydrogen-bond donors (Lipinski definition) is 1. The highest BCUT2D eigenvalue weighted by Crippen LogP contribution is 2.33. The number of nitrogens with zero attached hydrogens (tertiary/aromatic N) is 2. The first-order valence-corrected chi connectivity index (χ1v) is 15.3. The Hall–Kier alpha value is -3.27. The Bertz CT molecular complexity index is 1480. The fourth-order valence-electron chi connectivity index (χ4n) is 4.06. The Morgan fingerprint density at radius 3 is 2.22 bits per heavy atom. The van der Waals surface area contributed by atoms with Crippen molar-refractivity contribution in [2.24, 2.45) is 0 Å². The number of carbonyl (C=O) groups excluding carboxylic acids is 2. The van der Waals surface area contributed by atoms with Crippen LogP contribution in [0.15, 0.2) is 77.7 Å². The summed E-state index contributed by atoms with van der Waals surface area (Å²) in [5, 5.41) is 3.63. The van der Waals surface area contributed by atoms with Gasteiger partial charge in [-0.2, -0.15) is 0 Å². The van der Waals surface area contributed by atoms with Crippen molar-refractivity contribution in [1.29, 1.82) is 0 Å². The fraction of sp³-hybridized carbons (Fsp3) is 0.333. The molecule has 41 heavy (non-hydrogen) atoms. The van der Waals surface area contributed by atoms with Gasteiger partial charge in [-0.05, 0) is 76.6 Å². The predicted molar refractivity (Wildman–Crippen MR) is 163 cm³/mol. The summed E-state index contributed by atoms with van der Waals surface area (Å²) in [5.41, 5.74) is 0.187. The second-order valence-electron chi connectivity index (χ2n) is 10.4. The summed E-state index contributed by atoms with van der Waals surface area (Å²) >= 11 is 12.5. The van der Waals surface area contributed by atoms with Gasteiger partial charge in [-0.1, -0.05) is 59.6 Å². The number of sulfonamides is 1. The first-order chi connectivity index (χ1) is 19.2. The summed E-state index contributed by atoms with van der Waals surface area (Å²) < 4.78 is 34.7. The van der Waals surface area contributed by atoms with Gasteiger partial charge in [-0.3, -0.25) is 13.9 Å². The topological polar surface area (TPSA) is 96.0 Å². The van der Waals surface area contributed by atoms with E-state index in [1.807, 2.05) is 20.8 Å². The molecule has 8 nitrogen and oxygen atoms in total. The largest absolute Gasteiger partial charge is 0.492 e. The molecule has 0 saturated carbocycles. The van der Waals surface area contributed by atoms with Crippen molar-refractivity contribution < 1.29 is 22.7 Å². The zero-order valence-electron chi connectivity index (χ0n) is 23.7. The van der Waals surface area contributed by atoms with Crippen molar-refractivity contribution in [2.75, 3.05) is 17.5 Å². The molecule has 0 radical (unpaired) electrons. The van der Waals surface area contributed by atoms with E-state index in [0.717, 1.165) is 4.31 Å². The lowest BCUT2D eigenvalue weighted by Crippen LogP contribution is -2.54. The van der Waals surface area contributed by atoms with E-state index in [1.54, 1.807) is 74.5 Å². The van der Waals surface area contributed by atoms with Crippen LogP contribution in [-0.2, 0) is 26.2 Å². The first kappa shape index (κ1) is 32.2. The molecule has 3 aromatic rings. The molecule has 0 saturated heterocycles. The van der Waals surface area contributed by atoms with Gasteiger partial charge in [-0.25, -0.2) is 8.42 Å². The van der Waals surface area contributed by atoms with E-state index in [9.17, 15) is 18.0 Å². The minimum atomic E-state index is -4.22. The maximum atomic E-state index is 14.1. The van der Waals surface area contributed by atoms with Gasteiger partial charge in [-0.15, -0.1) is 0 Å². The van der Waals surface area contributed by atoms with Crippen LogP contribution >= 0.6 is 23.2 Å². The Balaban J connectivity index is 2.10. The molecule has 0 spiro atoms. The number of carbonyl (C=O) groups is 2. The highest BCUT2D eigenvalue weighted by molar-refractivity contribution is 7.92. The van der Waals surface area contributed by atoms with Gasteiger partial charge in [0.25, 0.3) is 10.0 Å². The van der Waals surface area contributed by atoms with Crippen LogP contribution in [0, 0.1) is 0 Å². The van der Waals surface area contributed by atoms with Crippen LogP contribution < -0.4 is 14.4 Å². The lowest BCUT2D eigenvalue weighted by Gasteiger charge is -2.34. The lowest BCUT2D eigenvalue weighted by molar-refractivity contribution is -0.140. The van der Waals surface area contributed by atoms with E-state index in [4.69, 9.17) is 27.9 Å². The number of benzene rings is 3. The Kier molecular flexibility index (Phi) is 10.7. The molecule has 1 atom stereocenters. The number of rotatable bonds is 11. The molecule has 3 aromatic carbocycles. The van der Waals surface area contributed by atoms with Gasteiger partial charge in [0.2, 0.25) is 11.8 Å². The molecule has 0 aliphatic carbocycles. The third-order valence-corrected chi connectivity index (χ3v) is 8.43. The van der Waals surface area contributed by atoms with E-state index < -0.39 is 40.0 Å². The van der Waals surface area contributed by atoms with Gasteiger partial charge in [0.05, 0.1) is 17.2 Å². The summed E-state index contributed by atoms with van der Waals surface area (Å²) in [6.45, 7) is 8.50.